The highest BCUT2D eigenvalue weighted by Crippen LogP contribution is 2.21. The van der Waals surface area contributed by atoms with E-state index in [9.17, 15) is 0 Å². The molecule has 5 nitrogen and oxygen atoms in total. The molecule has 5 heteroatoms. The number of aromatic nitrogens is 1. The van der Waals surface area contributed by atoms with E-state index in [-0.39, 0.29) is 0 Å². The molecule has 0 saturated carbocycles. The zero-order valence-electron chi connectivity index (χ0n) is 11.7. The van der Waals surface area contributed by atoms with Gasteiger partial charge in [0.25, 0.3) is 0 Å². The zero-order chi connectivity index (χ0) is 13.9. The van der Waals surface area contributed by atoms with Gasteiger partial charge in [0, 0.05) is 44.4 Å². The van der Waals surface area contributed by atoms with Crippen LogP contribution in [0.15, 0.2) is 34.9 Å². The van der Waals surface area contributed by atoms with Crippen molar-refractivity contribution in [2.24, 2.45) is 0 Å². The van der Waals surface area contributed by atoms with Gasteiger partial charge in [-0.15, -0.1) is 0 Å². The van der Waals surface area contributed by atoms with Gasteiger partial charge < -0.3 is 15.2 Å². The van der Waals surface area contributed by atoms with E-state index in [1.807, 2.05) is 0 Å². The number of nitrogen functional groups attached to an aromatic ring is 1. The van der Waals surface area contributed by atoms with E-state index in [0.717, 1.165) is 44.0 Å². The molecule has 0 aliphatic carbocycles. The summed E-state index contributed by atoms with van der Waals surface area (Å²) in [4.78, 5) is 4.86. The molecule has 0 radical (unpaired) electrons. The average Bonchev–Trinajstić information content (AvgIpc) is 2.89. The highest BCUT2D eigenvalue weighted by Gasteiger charge is 2.13. The second-order valence-corrected chi connectivity index (χ2v) is 5.39. The van der Waals surface area contributed by atoms with Gasteiger partial charge in [0.05, 0.1) is 0 Å². The molecule has 0 amide bonds. The lowest BCUT2D eigenvalue weighted by molar-refractivity contribution is 0.148. The molecule has 20 heavy (non-hydrogen) atoms. The third kappa shape index (κ3) is 3.00. The molecule has 0 unspecified atom stereocenters. The fourth-order valence-corrected chi connectivity index (χ4v) is 2.47. The topological polar surface area (TPSA) is 58.5 Å². The van der Waals surface area contributed by atoms with Crippen LogP contribution in [-0.2, 0) is 6.54 Å². The third-order valence-corrected chi connectivity index (χ3v) is 3.78. The van der Waals surface area contributed by atoms with Crippen LogP contribution in [0.4, 0.5) is 5.88 Å². The van der Waals surface area contributed by atoms with Gasteiger partial charge in [-0.2, -0.15) is 0 Å². The van der Waals surface area contributed by atoms with Crippen molar-refractivity contribution < 1.29 is 4.52 Å². The Bertz CT molecular complexity index is 556. The Labute approximate surface area is 118 Å². The van der Waals surface area contributed by atoms with Gasteiger partial charge in [-0.1, -0.05) is 29.4 Å². The summed E-state index contributed by atoms with van der Waals surface area (Å²) in [6.07, 6.45) is 0. The fourth-order valence-electron chi connectivity index (χ4n) is 2.47. The largest absolute Gasteiger partial charge is 0.368 e. The molecule has 1 aromatic heterocycles. The van der Waals surface area contributed by atoms with Crippen LogP contribution in [0, 0.1) is 0 Å². The zero-order valence-corrected chi connectivity index (χ0v) is 11.7. The first-order chi connectivity index (χ1) is 9.70. The van der Waals surface area contributed by atoms with E-state index in [1.165, 1.54) is 5.56 Å². The van der Waals surface area contributed by atoms with Crippen LogP contribution in [0.5, 0.6) is 0 Å². The summed E-state index contributed by atoms with van der Waals surface area (Å²) in [5, 5.41) is 3.92. The molecule has 2 N–H and O–H groups in total. The standard InChI is InChI=1S/C15H20N4O/c1-18-6-8-19(9-7-18)11-12-2-4-13(5-3-12)14-10-15(16)20-17-14/h2-5,10H,6-9,11,16H2,1H3. The molecule has 0 atom stereocenters. The SMILES string of the molecule is CN1CCN(Cc2ccc(-c3cc(N)on3)cc2)CC1. The molecule has 1 fully saturated rings. The summed E-state index contributed by atoms with van der Waals surface area (Å²) in [7, 11) is 2.18. The van der Waals surface area contributed by atoms with E-state index in [2.05, 4.69) is 46.3 Å². The summed E-state index contributed by atoms with van der Waals surface area (Å²) in [5.74, 6) is 0.349. The van der Waals surface area contributed by atoms with Crippen LogP contribution in [0.1, 0.15) is 5.56 Å². The molecule has 0 spiro atoms. The van der Waals surface area contributed by atoms with E-state index in [0.29, 0.717) is 5.88 Å². The smallest absolute Gasteiger partial charge is 0.222 e. The number of nitrogens with zero attached hydrogens (tertiary/aromatic N) is 3. The first kappa shape index (κ1) is 13.1. The van der Waals surface area contributed by atoms with E-state index in [4.69, 9.17) is 10.3 Å². The number of hydrogen-bond acceptors (Lipinski definition) is 5. The summed E-state index contributed by atoms with van der Waals surface area (Å²) in [6, 6.07) is 10.2. The molecular weight excluding hydrogens is 252 g/mol. The molecule has 1 saturated heterocycles. The number of benzene rings is 1. The predicted molar refractivity (Wildman–Crippen MR) is 79.1 cm³/mol. The Morgan fingerprint density at radius 3 is 2.45 bits per heavy atom. The van der Waals surface area contributed by atoms with Gasteiger partial charge in [0.1, 0.15) is 5.69 Å². The molecule has 2 heterocycles. The van der Waals surface area contributed by atoms with Gasteiger partial charge in [0.2, 0.25) is 5.88 Å². The number of hydrogen-bond donors (Lipinski definition) is 1. The minimum atomic E-state index is 0.349. The number of nitrogens with two attached hydrogens (primary N) is 1. The van der Waals surface area contributed by atoms with Gasteiger partial charge in [-0.05, 0) is 12.6 Å². The van der Waals surface area contributed by atoms with Gasteiger partial charge >= 0.3 is 0 Å². The van der Waals surface area contributed by atoms with Crippen molar-refractivity contribution in [1.29, 1.82) is 0 Å². The molecule has 0 bridgehead atoms. The molecule has 2 aromatic rings. The third-order valence-electron chi connectivity index (χ3n) is 3.78. The second-order valence-electron chi connectivity index (χ2n) is 5.39. The average molecular weight is 272 g/mol. The van der Waals surface area contributed by atoms with Crippen LogP contribution in [-0.4, -0.2) is 48.2 Å². The highest BCUT2D eigenvalue weighted by atomic mass is 16.5. The maximum atomic E-state index is 5.54. The minimum absolute atomic E-state index is 0.349. The Morgan fingerprint density at radius 2 is 1.85 bits per heavy atom. The van der Waals surface area contributed by atoms with Crippen molar-refractivity contribution in [2.75, 3.05) is 39.0 Å². The lowest BCUT2D eigenvalue weighted by Gasteiger charge is -2.32. The van der Waals surface area contributed by atoms with E-state index < -0.39 is 0 Å². The monoisotopic (exact) mass is 272 g/mol. The summed E-state index contributed by atoms with van der Waals surface area (Å²) < 4.78 is 4.90. The first-order valence-corrected chi connectivity index (χ1v) is 6.93. The maximum Gasteiger partial charge on any atom is 0.222 e. The fraction of sp³-hybridized carbons (Fsp3) is 0.400. The Kier molecular flexibility index (Phi) is 3.71. The Morgan fingerprint density at radius 1 is 1.15 bits per heavy atom. The quantitative estimate of drug-likeness (QED) is 0.921. The van der Waals surface area contributed by atoms with Gasteiger partial charge in [0.15, 0.2) is 0 Å². The number of likely N-dealkylation sites (N-methyl/N-ethyl adjacent to an activating group) is 1. The molecule has 3 rings (SSSR count). The highest BCUT2D eigenvalue weighted by molar-refractivity contribution is 5.61. The lowest BCUT2D eigenvalue weighted by atomic mass is 10.1. The minimum Gasteiger partial charge on any atom is -0.368 e. The molecule has 106 valence electrons. The normalized spacial score (nSPS) is 17.4. The Hall–Kier alpha value is -1.85. The van der Waals surface area contributed by atoms with Crippen LogP contribution >= 0.6 is 0 Å². The van der Waals surface area contributed by atoms with Crippen LogP contribution in [0.25, 0.3) is 11.3 Å². The number of piperazine rings is 1. The van der Waals surface area contributed by atoms with Gasteiger partial charge in [-0.25, -0.2) is 0 Å². The predicted octanol–water partition coefficient (Wildman–Crippen LogP) is 1.67. The second kappa shape index (κ2) is 5.64. The van der Waals surface area contributed by atoms with Crippen LogP contribution in [0.3, 0.4) is 0 Å². The number of anilines is 1. The van der Waals surface area contributed by atoms with Gasteiger partial charge in [-0.3, -0.25) is 4.90 Å². The molecule has 1 aliphatic rings. The molecular formula is C15H20N4O. The first-order valence-electron chi connectivity index (χ1n) is 6.93. The van der Waals surface area contributed by atoms with Crippen molar-refractivity contribution in [3.05, 3.63) is 35.9 Å². The van der Waals surface area contributed by atoms with Crippen molar-refractivity contribution in [1.82, 2.24) is 15.0 Å². The maximum absolute atomic E-state index is 5.54. The molecule has 1 aromatic carbocycles. The van der Waals surface area contributed by atoms with Crippen molar-refractivity contribution in [2.45, 2.75) is 6.54 Å². The van der Waals surface area contributed by atoms with E-state index >= 15 is 0 Å². The number of rotatable bonds is 3. The summed E-state index contributed by atoms with van der Waals surface area (Å²) >= 11 is 0. The van der Waals surface area contributed by atoms with Crippen molar-refractivity contribution >= 4 is 5.88 Å². The van der Waals surface area contributed by atoms with Crippen LogP contribution in [0.2, 0.25) is 0 Å². The van der Waals surface area contributed by atoms with E-state index in [1.54, 1.807) is 6.07 Å². The summed E-state index contributed by atoms with van der Waals surface area (Å²) in [6.45, 7) is 5.58. The Balaban J connectivity index is 1.64. The molecule has 1 aliphatic heterocycles. The van der Waals surface area contributed by atoms with Crippen molar-refractivity contribution in [3.8, 4) is 11.3 Å². The lowest BCUT2D eigenvalue weighted by Crippen LogP contribution is -2.43. The van der Waals surface area contributed by atoms with Crippen LogP contribution < -0.4 is 5.73 Å². The summed E-state index contributed by atoms with van der Waals surface area (Å²) in [5.41, 5.74) is 8.69. The van der Waals surface area contributed by atoms with Crippen molar-refractivity contribution in [3.63, 3.8) is 0 Å².